The van der Waals surface area contributed by atoms with Crippen LogP contribution in [0.15, 0.2) is 18.2 Å². The highest BCUT2D eigenvalue weighted by molar-refractivity contribution is 6.00. The van der Waals surface area contributed by atoms with Crippen molar-refractivity contribution in [2.75, 3.05) is 7.11 Å². The Balaban J connectivity index is 2.37. The maximum Gasteiger partial charge on any atom is 0.454 e. The van der Waals surface area contributed by atoms with Crippen molar-refractivity contribution in [1.82, 2.24) is 0 Å². The molecule has 1 aromatic carbocycles. The van der Waals surface area contributed by atoms with E-state index in [9.17, 15) is 18.0 Å². The van der Waals surface area contributed by atoms with E-state index in [0.717, 1.165) is 30.9 Å². The molecule has 0 spiro atoms. The van der Waals surface area contributed by atoms with Gasteiger partial charge in [0.2, 0.25) is 0 Å². The van der Waals surface area contributed by atoms with E-state index in [1.165, 1.54) is 13.2 Å². The van der Waals surface area contributed by atoms with Crippen LogP contribution in [0.2, 0.25) is 0 Å². The standard InChI is InChI=1S/C13H13F3O2/c1-18-11-6-9(8-3-2-4-8)5-10(7-11)12(17)13(14,15)16/h5-8H,2-4H2,1H3. The molecule has 0 unspecified atom stereocenters. The van der Waals surface area contributed by atoms with E-state index < -0.39 is 12.0 Å². The minimum atomic E-state index is -4.84. The first-order chi connectivity index (χ1) is 8.41. The molecule has 1 aromatic rings. The molecule has 18 heavy (non-hydrogen) atoms. The van der Waals surface area contributed by atoms with Crippen LogP contribution < -0.4 is 4.74 Å². The van der Waals surface area contributed by atoms with Gasteiger partial charge in [0.25, 0.3) is 5.78 Å². The zero-order chi connectivity index (χ0) is 13.3. The van der Waals surface area contributed by atoms with Crippen molar-refractivity contribution in [3.05, 3.63) is 29.3 Å². The number of ether oxygens (including phenoxy) is 1. The number of ketones is 1. The summed E-state index contributed by atoms with van der Waals surface area (Å²) in [5.41, 5.74) is 0.414. The highest BCUT2D eigenvalue weighted by Gasteiger charge is 2.39. The summed E-state index contributed by atoms with van der Waals surface area (Å²) in [5.74, 6) is -1.27. The fourth-order valence-corrected chi connectivity index (χ4v) is 2.01. The van der Waals surface area contributed by atoms with Crippen LogP contribution in [0.1, 0.15) is 41.1 Å². The van der Waals surface area contributed by atoms with Crippen LogP contribution >= 0.6 is 0 Å². The summed E-state index contributed by atoms with van der Waals surface area (Å²) in [5, 5.41) is 0. The van der Waals surface area contributed by atoms with E-state index in [2.05, 4.69) is 0 Å². The number of hydrogen-bond acceptors (Lipinski definition) is 2. The summed E-state index contributed by atoms with van der Waals surface area (Å²) >= 11 is 0. The molecule has 5 heteroatoms. The van der Waals surface area contributed by atoms with Gasteiger partial charge in [-0.15, -0.1) is 0 Å². The van der Waals surface area contributed by atoms with E-state index >= 15 is 0 Å². The van der Waals surface area contributed by atoms with Crippen LogP contribution in [0, 0.1) is 0 Å². The van der Waals surface area contributed by atoms with E-state index in [0.29, 0.717) is 5.75 Å². The number of benzene rings is 1. The molecule has 1 fully saturated rings. The van der Waals surface area contributed by atoms with Gasteiger partial charge in [0, 0.05) is 5.56 Å². The third kappa shape index (κ3) is 2.49. The predicted octanol–water partition coefficient (Wildman–Crippen LogP) is 3.71. The summed E-state index contributed by atoms with van der Waals surface area (Å²) in [4.78, 5) is 11.2. The summed E-state index contributed by atoms with van der Waals surface area (Å²) < 4.78 is 42.2. The maximum absolute atomic E-state index is 12.4. The van der Waals surface area contributed by atoms with Crippen molar-refractivity contribution in [3.8, 4) is 5.75 Å². The van der Waals surface area contributed by atoms with Crippen molar-refractivity contribution in [1.29, 1.82) is 0 Å². The molecule has 2 rings (SSSR count). The number of methoxy groups -OCH3 is 1. The first-order valence-electron chi connectivity index (χ1n) is 5.72. The summed E-state index contributed by atoms with van der Waals surface area (Å²) in [7, 11) is 1.38. The Bertz CT molecular complexity index is 462. The molecule has 0 atom stereocenters. The average molecular weight is 258 g/mol. The Labute approximate surface area is 103 Å². The quantitative estimate of drug-likeness (QED) is 0.772. The number of hydrogen-bond donors (Lipinski definition) is 0. The maximum atomic E-state index is 12.4. The van der Waals surface area contributed by atoms with Gasteiger partial charge in [0.1, 0.15) is 5.75 Å². The van der Waals surface area contributed by atoms with Gasteiger partial charge in [0.15, 0.2) is 0 Å². The van der Waals surface area contributed by atoms with Gasteiger partial charge in [-0.2, -0.15) is 13.2 Å². The largest absolute Gasteiger partial charge is 0.497 e. The molecular formula is C13H13F3O2. The van der Waals surface area contributed by atoms with Gasteiger partial charge in [-0.3, -0.25) is 4.79 Å². The monoisotopic (exact) mass is 258 g/mol. The second-order valence-electron chi connectivity index (χ2n) is 4.45. The fraction of sp³-hybridized carbons (Fsp3) is 0.462. The number of rotatable bonds is 3. The molecule has 1 aliphatic rings. The zero-order valence-electron chi connectivity index (χ0n) is 9.88. The number of alkyl halides is 3. The molecule has 0 radical (unpaired) electrons. The first kappa shape index (κ1) is 12.9. The lowest BCUT2D eigenvalue weighted by Gasteiger charge is -2.26. The van der Waals surface area contributed by atoms with Crippen molar-refractivity contribution >= 4 is 5.78 Å². The van der Waals surface area contributed by atoms with E-state index in [-0.39, 0.29) is 11.5 Å². The minimum absolute atomic E-state index is 0.250. The third-order valence-corrected chi connectivity index (χ3v) is 3.26. The van der Waals surface area contributed by atoms with Crippen molar-refractivity contribution < 1.29 is 22.7 Å². The molecule has 0 bridgehead atoms. The molecule has 0 heterocycles. The van der Waals surface area contributed by atoms with Crippen LogP contribution in [0.5, 0.6) is 5.75 Å². The average Bonchev–Trinajstić information content (AvgIpc) is 2.24. The SMILES string of the molecule is COc1cc(C(=O)C(F)(F)F)cc(C2CCC2)c1. The van der Waals surface area contributed by atoms with Crippen LogP contribution in [-0.2, 0) is 0 Å². The normalized spacial score (nSPS) is 16.2. The van der Waals surface area contributed by atoms with Crippen molar-refractivity contribution in [2.24, 2.45) is 0 Å². The van der Waals surface area contributed by atoms with Crippen LogP contribution in [0.25, 0.3) is 0 Å². The molecule has 0 N–H and O–H groups in total. The Morgan fingerprint density at radius 3 is 2.39 bits per heavy atom. The number of Topliss-reactive ketones (excluding diaryl/α,β-unsaturated/α-hetero) is 1. The number of carbonyl (C=O) groups excluding carboxylic acids is 1. The van der Waals surface area contributed by atoms with Gasteiger partial charge in [0.05, 0.1) is 7.11 Å². The van der Waals surface area contributed by atoms with E-state index in [1.54, 1.807) is 6.07 Å². The molecular weight excluding hydrogens is 245 g/mol. The van der Waals surface area contributed by atoms with E-state index in [4.69, 9.17) is 4.74 Å². The summed E-state index contributed by atoms with van der Waals surface area (Å²) in [6, 6.07) is 4.18. The lowest BCUT2D eigenvalue weighted by atomic mass is 9.79. The molecule has 0 aromatic heterocycles. The molecule has 98 valence electrons. The van der Waals surface area contributed by atoms with Crippen molar-refractivity contribution in [3.63, 3.8) is 0 Å². The molecule has 1 aliphatic carbocycles. The molecule has 0 saturated heterocycles. The molecule has 0 amide bonds. The van der Waals surface area contributed by atoms with Gasteiger partial charge in [-0.05, 0) is 42.5 Å². The second kappa shape index (κ2) is 4.63. The third-order valence-electron chi connectivity index (χ3n) is 3.26. The first-order valence-corrected chi connectivity index (χ1v) is 5.72. The highest BCUT2D eigenvalue weighted by atomic mass is 19.4. The minimum Gasteiger partial charge on any atom is -0.497 e. The lowest BCUT2D eigenvalue weighted by molar-refractivity contribution is -0.0885. The van der Waals surface area contributed by atoms with Crippen LogP contribution in [0.3, 0.4) is 0 Å². The molecule has 2 nitrogen and oxygen atoms in total. The summed E-state index contributed by atoms with van der Waals surface area (Å²) in [6.45, 7) is 0. The smallest absolute Gasteiger partial charge is 0.454 e. The lowest BCUT2D eigenvalue weighted by Crippen LogP contribution is -2.23. The van der Waals surface area contributed by atoms with Gasteiger partial charge in [-0.25, -0.2) is 0 Å². The number of carbonyl (C=O) groups is 1. The zero-order valence-corrected chi connectivity index (χ0v) is 9.88. The van der Waals surface area contributed by atoms with Crippen LogP contribution in [0.4, 0.5) is 13.2 Å². The summed E-state index contributed by atoms with van der Waals surface area (Å²) in [6.07, 6.45) is -1.87. The second-order valence-corrected chi connectivity index (χ2v) is 4.45. The predicted molar refractivity (Wildman–Crippen MR) is 60.0 cm³/mol. The highest BCUT2D eigenvalue weighted by Crippen LogP contribution is 2.38. The molecule has 0 aliphatic heterocycles. The van der Waals surface area contributed by atoms with Gasteiger partial charge in [-0.1, -0.05) is 6.42 Å². The van der Waals surface area contributed by atoms with E-state index in [1.807, 2.05) is 0 Å². The van der Waals surface area contributed by atoms with Gasteiger partial charge < -0.3 is 4.74 Å². The van der Waals surface area contributed by atoms with Crippen LogP contribution in [-0.4, -0.2) is 19.1 Å². The Kier molecular flexibility index (Phi) is 3.32. The molecule has 1 saturated carbocycles. The van der Waals surface area contributed by atoms with Gasteiger partial charge >= 0.3 is 6.18 Å². The number of halogens is 3. The Hall–Kier alpha value is -1.52. The van der Waals surface area contributed by atoms with Crippen molar-refractivity contribution in [2.45, 2.75) is 31.4 Å². The fourth-order valence-electron chi connectivity index (χ4n) is 2.01. The Morgan fingerprint density at radius 1 is 1.28 bits per heavy atom. The topological polar surface area (TPSA) is 26.3 Å². The Morgan fingerprint density at radius 2 is 1.94 bits per heavy atom.